The highest BCUT2D eigenvalue weighted by Gasteiger charge is 2.07. The second-order valence-corrected chi connectivity index (χ2v) is 4.05. The molecule has 4 heteroatoms. The highest BCUT2D eigenvalue weighted by atomic mass is 32.2. The van der Waals surface area contributed by atoms with Crippen LogP contribution in [0.1, 0.15) is 18.2 Å². The van der Waals surface area contributed by atoms with Crippen molar-refractivity contribution in [3.05, 3.63) is 23.0 Å². The van der Waals surface area contributed by atoms with Gasteiger partial charge in [-0.15, -0.1) is 0 Å². The van der Waals surface area contributed by atoms with E-state index in [2.05, 4.69) is 0 Å². The molecule has 0 spiro atoms. The topological polar surface area (TPSA) is 60.7 Å². The maximum absolute atomic E-state index is 8.64. The number of allylic oxidation sites excluding steroid dienone is 1. The first kappa shape index (κ1) is 11.4. The number of hydrogen-bond acceptors (Lipinski definition) is 4. The van der Waals surface area contributed by atoms with Crippen molar-refractivity contribution in [2.24, 2.45) is 0 Å². The molecular formula is C11H10N2OS. The smallest absolute Gasteiger partial charge is 0.167 e. The third-order valence-electron chi connectivity index (χ3n) is 1.66. The minimum absolute atomic E-state index is 0.0914. The molecule has 0 aliphatic rings. The minimum atomic E-state index is 0.0914. The van der Waals surface area contributed by atoms with Crippen LogP contribution in [0.15, 0.2) is 21.1 Å². The second-order valence-electron chi connectivity index (χ2n) is 2.81. The highest BCUT2D eigenvalue weighted by Crippen LogP contribution is 2.27. The summed E-state index contributed by atoms with van der Waals surface area (Å²) in [5.74, 6) is 1.68. The summed E-state index contributed by atoms with van der Waals surface area (Å²) in [5.41, 5.74) is 0.895. The Morgan fingerprint density at radius 3 is 2.73 bits per heavy atom. The Hall–Kier alpha value is -1.65. The number of hydrogen-bond donors (Lipinski definition) is 0. The first-order valence-corrected chi connectivity index (χ1v) is 5.45. The molecule has 1 aromatic rings. The van der Waals surface area contributed by atoms with E-state index in [0.29, 0.717) is 0 Å². The van der Waals surface area contributed by atoms with Gasteiger partial charge in [0.05, 0.1) is 0 Å². The highest BCUT2D eigenvalue weighted by molar-refractivity contribution is 7.99. The van der Waals surface area contributed by atoms with E-state index in [1.807, 2.05) is 32.1 Å². The van der Waals surface area contributed by atoms with E-state index in [-0.39, 0.29) is 5.57 Å². The minimum Gasteiger partial charge on any atom is -0.455 e. The summed E-state index contributed by atoms with van der Waals surface area (Å²) in [5, 5.41) is 18.0. The Morgan fingerprint density at radius 1 is 1.53 bits per heavy atom. The Bertz CT molecular complexity index is 444. The van der Waals surface area contributed by atoms with Crippen LogP contribution in [-0.4, -0.2) is 5.75 Å². The van der Waals surface area contributed by atoms with Crippen molar-refractivity contribution in [3.8, 4) is 12.1 Å². The normalized spacial score (nSPS) is 9.07. The van der Waals surface area contributed by atoms with Crippen LogP contribution in [0.25, 0.3) is 6.08 Å². The van der Waals surface area contributed by atoms with Crippen molar-refractivity contribution >= 4 is 17.8 Å². The molecule has 0 saturated heterocycles. The number of rotatable bonds is 3. The Balaban J connectivity index is 3.10. The Morgan fingerprint density at radius 2 is 2.20 bits per heavy atom. The van der Waals surface area contributed by atoms with E-state index in [4.69, 9.17) is 14.9 Å². The lowest BCUT2D eigenvalue weighted by Crippen LogP contribution is -1.76. The number of nitriles is 2. The molecule has 0 bridgehead atoms. The fourth-order valence-electron chi connectivity index (χ4n) is 1.10. The molecule has 1 rings (SSSR count). The maximum atomic E-state index is 8.64. The van der Waals surface area contributed by atoms with Crippen LogP contribution in [0.5, 0.6) is 0 Å². The molecule has 0 radical (unpaired) electrons. The summed E-state index contributed by atoms with van der Waals surface area (Å²) >= 11 is 1.56. The van der Waals surface area contributed by atoms with Crippen molar-refractivity contribution < 1.29 is 4.42 Å². The first-order chi connectivity index (χ1) is 7.21. The molecule has 1 heterocycles. The zero-order valence-corrected chi connectivity index (χ0v) is 9.39. The van der Waals surface area contributed by atoms with Gasteiger partial charge in [0.1, 0.15) is 23.5 Å². The van der Waals surface area contributed by atoms with Gasteiger partial charge in [0.2, 0.25) is 0 Å². The maximum Gasteiger partial charge on any atom is 0.167 e. The number of thioether (sulfide) groups is 1. The second kappa shape index (κ2) is 5.29. The van der Waals surface area contributed by atoms with Crippen LogP contribution in [-0.2, 0) is 0 Å². The van der Waals surface area contributed by atoms with Crippen molar-refractivity contribution in [1.29, 1.82) is 10.5 Å². The fraction of sp³-hybridized carbons (Fsp3) is 0.273. The molecule has 0 aliphatic heterocycles. The molecule has 0 N–H and O–H groups in total. The van der Waals surface area contributed by atoms with E-state index < -0.39 is 0 Å². The van der Waals surface area contributed by atoms with Crippen molar-refractivity contribution in [2.75, 3.05) is 5.75 Å². The zero-order chi connectivity index (χ0) is 11.3. The van der Waals surface area contributed by atoms with Crippen LogP contribution in [0.2, 0.25) is 0 Å². The van der Waals surface area contributed by atoms with Crippen LogP contribution in [0.4, 0.5) is 0 Å². The van der Waals surface area contributed by atoms with Gasteiger partial charge in [-0.2, -0.15) is 10.5 Å². The van der Waals surface area contributed by atoms with E-state index >= 15 is 0 Å². The lowest BCUT2D eigenvalue weighted by molar-refractivity contribution is 0.448. The van der Waals surface area contributed by atoms with E-state index in [9.17, 15) is 0 Å². The molecule has 0 aliphatic carbocycles. The van der Waals surface area contributed by atoms with E-state index in [0.717, 1.165) is 22.2 Å². The molecule has 0 saturated carbocycles. The number of aryl methyl sites for hydroxylation is 1. The Labute approximate surface area is 93.0 Å². The number of furan rings is 1. The van der Waals surface area contributed by atoms with Gasteiger partial charge >= 0.3 is 0 Å². The largest absolute Gasteiger partial charge is 0.455 e. The summed E-state index contributed by atoms with van der Waals surface area (Å²) in [6.07, 6.45) is 1.55. The quantitative estimate of drug-likeness (QED) is 0.577. The van der Waals surface area contributed by atoms with Gasteiger partial charge in [-0.05, 0) is 24.8 Å². The van der Waals surface area contributed by atoms with Crippen LogP contribution in [0, 0.1) is 29.6 Å². The zero-order valence-electron chi connectivity index (χ0n) is 8.57. The SMILES string of the molecule is CCSc1oc(C)cc1C=C(C#N)C#N. The van der Waals surface area contributed by atoms with E-state index in [1.54, 1.807) is 17.8 Å². The molecule has 0 amide bonds. The molecule has 76 valence electrons. The Kier molecular flexibility index (Phi) is 4.03. The fourth-order valence-corrected chi connectivity index (χ4v) is 1.84. The van der Waals surface area contributed by atoms with Crippen LogP contribution in [0.3, 0.4) is 0 Å². The molecule has 0 aromatic carbocycles. The summed E-state index contributed by atoms with van der Waals surface area (Å²) < 4.78 is 5.44. The van der Waals surface area contributed by atoms with Crippen molar-refractivity contribution in [2.45, 2.75) is 18.9 Å². The summed E-state index contributed by atoms with van der Waals surface area (Å²) in [6.45, 7) is 3.86. The van der Waals surface area contributed by atoms with Gasteiger partial charge in [0, 0.05) is 5.56 Å². The molecule has 0 fully saturated rings. The molecule has 3 nitrogen and oxygen atoms in total. The monoisotopic (exact) mass is 218 g/mol. The molecule has 15 heavy (non-hydrogen) atoms. The van der Waals surface area contributed by atoms with Crippen molar-refractivity contribution in [3.63, 3.8) is 0 Å². The summed E-state index contributed by atoms with van der Waals surface area (Å²) in [7, 11) is 0. The van der Waals surface area contributed by atoms with Gasteiger partial charge in [-0.3, -0.25) is 0 Å². The third-order valence-corrected chi connectivity index (χ3v) is 2.53. The van der Waals surface area contributed by atoms with Gasteiger partial charge in [-0.1, -0.05) is 18.7 Å². The third kappa shape index (κ3) is 2.90. The summed E-state index contributed by atoms with van der Waals surface area (Å²) in [6, 6.07) is 5.48. The van der Waals surface area contributed by atoms with Crippen molar-refractivity contribution in [1.82, 2.24) is 0 Å². The summed E-state index contributed by atoms with van der Waals surface area (Å²) in [4.78, 5) is 0. The molecule has 0 unspecified atom stereocenters. The lowest BCUT2D eigenvalue weighted by atomic mass is 10.2. The number of nitrogens with zero attached hydrogens (tertiary/aromatic N) is 2. The van der Waals surface area contributed by atoms with Crippen LogP contribution >= 0.6 is 11.8 Å². The lowest BCUT2D eigenvalue weighted by Gasteiger charge is -1.93. The van der Waals surface area contributed by atoms with E-state index in [1.165, 1.54) is 0 Å². The standard InChI is InChI=1S/C11H10N2OS/c1-3-15-11-10(4-8(2)14-11)5-9(6-12)7-13/h4-5H,3H2,1-2H3. The first-order valence-electron chi connectivity index (χ1n) is 4.46. The van der Waals surface area contributed by atoms with Gasteiger partial charge in [0.25, 0.3) is 0 Å². The predicted octanol–water partition coefficient (Wildman–Crippen LogP) is 3.13. The molecule has 0 atom stereocenters. The average Bonchev–Trinajstić information content (AvgIpc) is 2.56. The van der Waals surface area contributed by atoms with Gasteiger partial charge in [0.15, 0.2) is 5.09 Å². The van der Waals surface area contributed by atoms with Crippen LogP contribution < -0.4 is 0 Å². The van der Waals surface area contributed by atoms with Gasteiger partial charge < -0.3 is 4.42 Å². The van der Waals surface area contributed by atoms with Gasteiger partial charge in [-0.25, -0.2) is 0 Å². The predicted molar refractivity (Wildman–Crippen MR) is 59.0 cm³/mol. The molecule has 1 aromatic heterocycles. The average molecular weight is 218 g/mol. The molecular weight excluding hydrogens is 208 g/mol.